The van der Waals surface area contributed by atoms with E-state index in [9.17, 15) is 4.79 Å². The van der Waals surface area contributed by atoms with Crippen molar-refractivity contribution in [2.75, 3.05) is 11.2 Å². The van der Waals surface area contributed by atoms with Crippen LogP contribution in [-0.2, 0) is 6.42 Å². The molecule has 0 spiro atoms. The lowest BCUT2D eigenvalue weighted by Crippen LogP contribution is -2.09. The summed E-state index contributed by atoms with van der Waals surface area (Å²) in [6.45, 7) is 0. The zero-order chi connectivity index (χ0) is 13.9. The van der Waals surface area contributed by atoms with Gasteiger partial charge in [-0.2, -0.15) is 5.10 Å². The third-order valence-electron chi connectivity index (χ3n) is 2.92. The molecule has 0 fully saturated rings. The maximum atomic E-state index is 11.3. The summed E-state index contributed by atoms with van der Waals surface area (Å²) < 4.78 is 1.34. The van der Waals surface area contributed by atoms with Crippen LogP contribution in [0.3, 0.4) is 0 Å². The number of nitrogens with one attached hydrogen (secondary N) is 2. The molecule has 0 aliphatic rings. The molecule has 3 aromatic rings. The van der Waals surface area contributed by atoms with Gasteiger partial charge in [-0.3, -0.25) is 0 Å². The Morgan fingerprint density at radius 1 is 1.30 bits per heavy atom. The Balaban J connectivity index is 1.83. The van der Waals surface area contributed by atoms with Gasteiger partial charge in [-0.1, -0.05) is 12.1 Å². The molecule has 0 radical (unpaired) electrons. The van der Waals surface area contributed by atoms with Gasteiger partial charge in [-0.15, -0.1) is 11.6 Å². The molecule has 102 valence electrons. The van der Waals surface area contributed by atoms with Crippen LogP contribution in [0.25, 0.3) is 5.65 Å². The summed E-state index contributed by atoms with van der Waals surface area (Å²) >= 11 is 5.70. The number of hydrogen-bond acceptors (Lipinski definition) is 4. The van der Waals surface area contributed by atoms with Gasteiger partial charge in [0.2, 0.25) is 0 Å². The third-order valence-corrected chi connectivity index (χ3v) is 3.11. The number of aromatic nitrogens is 4. The Morgan fingerprint density at radius 2 is 2.10 bits per heavy atom. The normalized spacial score (nSPS) is 10.8. The number of alkyl halides is 1. The molecule has 1 aromatic carbocycles. The Labute approximate surface area is 119 Å². The van der Waals surface area contributed by atoms with Crippen molar-refractivity contribution in [3.63, 3.8) is 0 Å². The zero-order valence-electron chi connectivity index (χ0n) is 10.5. The predicted molar refractivity (Wildman–Crippen MR) is 77.8 cm³/mol. The fourth-order valence-corrected chi connectivity index (χ4v) is 2.11. The van der Waals surface area contributed by atoms with Gasteiger partial charge in [0.15, 0.2) is 5.65 Å². The number of benzene rings is 1. The number of hydrogen-bond donors (Lipinski definition) is 2. The van der Waals surface area contributed by atoms with Crippen molar-refractivity contribution in [1.29, 1.82) is 0 Å². The van der Waals surface area contributed by atoms with Crippen LogP contribution < -0.4 is 11.0 Å². The highest BCUT2D eigenvalue weighted by Gasteiger charge is 2.02. The van der Waals surface area contributed by atoms with Crippen molar-refractivity contribution in [3.8, 4) is 0 Å². The zero-order valence-corrected chi connectivity index (χ0v) is 11.3. The van der Waals surface area contributed by atoms with E-state index < -0.39 is 0 Å². The molecule has 20 heavy (non-hydrogen) atoms. The molecule has 0 saturated heterocycles. The number of fused-ring (bicyclic) bond motifs is 1. The molecular weight excluding hydrogens is 278 g/mol. The SMILES string of the molecule is O=c1[nH]nc2cc(Nc3ccc(CCCl)cc3)ncn12. The smallest absolute Gasteiger partial charge is 0.340 e. The van der Waals surface area contributed by atoms with Gasteiger partial charge >= 0.3 is 5.69 Å². The number of rotatable bonds is 4. The Morgan fingerprint density at radius 3 is 2.85 bits per heavy atom. The molecule has 3 rings (SSSR count). The van der Waals surface area contributed by atoms with Crippen LogP contribution in [0, 0.1) is 0 Å². The number of aryl methyl sites for hydroxylation is 1. The lowest BCUT2D eigenvalue weighted by molar-refractivity contribution is 0.998. The van der Waals surface area contributed by atoms with Crippen LogP contribution in [0.1, 0.15) is 5.56 Å². The van der Waals surface area contributed by atoms with Crippen LogP contribution in [-0.4, -0.2) is 25.5 Å². The first-order chi connectivity index (χ1) is 9.76. The van der Waals surface area contributed by atoms with Crippen molar-refractivity contribution in [3.05, 3.63) is 52.7 Å². The summed E-state index contributed by atoms with van der Waals surface area (Å²) in [5.74, 6) is 1.24. The molecule has 2 N–H and O–H groups in total. The topological polar surface area (TPSA) is 75.1 Å². The molecule has 6 nitrogen and oxygen atoms in total. The van der Waals surface area contributed by atoms with Crippen molar-refractivity contribution < 1.29 is 0 Å². The van der Waals surface area contributed by atoms with E-state index in [1.807, 2.05) is 24.3 Å². The van der Waals surface area contributed by atoms with Gasteiger partial charge in [0, 0.05) is 17.6 Å². The van der Waals surface area contributed by atoms with Crippen LogP contribution in [0.4, 0.5) is 11.5 Å². The molecule has 0 amide bonds. The van der Waals surface area contributed by atoms with E-state index in [1.165, 1.54) is 16.3 Å². The largest absolute Gasteiger partial charge is 0.348 e. The molecule has 0 saturated carbocycles. The summed E-state index contributed by atoms with van der Waals surface area (Å²) in [4.78, 5) is 15.5. The van der Waals surface area contributed by atoms with Gasteiger partial charge < -0.3 is 5.32 Å². The monoisotopic (exact) mass is 289 g/mol. The van der Waals surface area contributed by atoms with Crippen LogP contribution in [0.5, 0.6) is 0 Å². The van der Waals surface area contributed by atoms with E-state index in [2.05, 4.69) is 20.5 Å². The summed E-state index contributed by atoms with van der Waals surface area (Å²) in [6.07, 6.45) is 2.29. The minimum atomic E-state index is -0.301. The fourth-order valence-electron chi connectivity index (χ4n) is 1.89. The van der Waals surface area contributed by atoms with Crippen molar-refractivity contribution in [2.45, 2.75) is 6.42 Å². The highest BCUT2D eigenvalue weighted by Crippen LogP contribution is 2.16. The van der Waals surface area contributed by atoms with Crippen molar-refractivity contribution >= 4 is 28.8 Å². The fraction of sp³-hybridized carbons (Fsp3) is 0.154. The van der Waals surface area contributed by atoms with Crippen LogP contribution in [0.15, 0.2) is 41.5 Å². The second-order valence-electron chi connectivity index (χ2n) is 4.29. The van der Waals surface area contributed by atoms with Gasteiger partial charge in [0.25, 0.3) is 0 Å². The lowest BCUT2D eigenvalue weighted by Gasteiger charge is -2.06. The number of halogens is 1. The number of H-pyrrole nitrogens is 1. The standard InChI is InChI=1S/C13H12ClN5O/c14-6-5-9-1-3-10(4-2-9)16-11-7-12-17-18-13(20)19(12)8-15-11/h1-4,7-8,16H,5-6H2,(H,18,20). The third kappa shape index (κ3) is 2.50. The van der Waals surface area contributed by atoms with Crippen LogP contribution >= 0.6 is 11.6 Å². The first-order valence-corrected chi connectivity index (χ1v) is 6.64. The number of aromatic amines is 1. The molecule has 0 unspecified atom stereocenters. The number of nitrogens with zero attached hydrogens (tertiary/aromatic N) is 3. The van der Waals surface area contributed by atoms with Gasteiger partial charge in [-0.25, -0.2) is 19.3 Å². The minimum absolute atomic E-state index is 0.301. The van der Waals surface area contributed by atoms with Gasteiger partial charge in [0.1, 0.15) is 12.1 Å². The van der Waals surface area contributed by atoms with Crippen molar-refractivity contribution in [1.82, 2.24) is 19.6 Å². The second kappa shape index (κ2) is 5.34. The first kappa shape index (κ1) is 12.7. The van der Waals surface area contributed by atoms with E-state index in [-0.39, 0.29) is 5.69 Å². The predicted octanol–water partition coefficient (Wildman–Crippen LogP) is 1.94. The highest BCUT2D eigenvalue weighted by atomic mass is 35.5. The van der Waals surface area contributed by atoms with Gasteiger partial charge in [0.05, 0.1) is 0 Å². The highest BCUT2D eigenvalue weighted by molar-refractivity contribution is 6.17. The lowest BCUT2D eigenvalue weighted by atomic mass is 10.1. The molecule has 2 aromatic heterocycles. The molecular formula is C13H12ClN5O. The van der Waals surface area contributed by atoms with Gasteiger partial charge in [-0.05, 0) is 24.1 Å². The minimum Gasteiger partial charge on any atom is -0.340 e. The maximum Gasteiger partial charge on any atom is 0.348 e. The Hall–Kier alpha value is -2.34. The number of anilines is 2. The molecule has 0 aliphatic heterocycles. The van der Waals surface area contributed by atoms with E-state index >= 15 is 0 Å². The molecule has 0 atom stereocenters. The summed E-state index contributed by atoms with van der Waals surface area (Å²) in [5, 5.41) is 9.42. The summed E-state index contributed by atoms with van der Waals surface area (Å²) in [6, 6.07) is 9.66. The average Bonchev–Trinajstić information content (AvgIpc) is 2.83. The molecule has 0 aliphatic carbocycles. The Bertz CT molecular complexity index is 777. The molecule has 0 bridgehead atoms. The molecule has 7 heteroatoms. The van der Waals surface area contributed by atoms with Crippen molar-refractivity contribution in [2.24, 2.45) is 0 Å². The molecule has 2 heterocycles. The quantitative estimate of drug-likeness (QED) is 0.720. The first-order valence-electron chi connectivity index (χ1n) is 6.11. The van der Waals surface area contributed by atoms with E-state index in [0.717, 1.165) is 12.1 Å². The summed E-state index contributed by atoms with van der Waals surface area (Å²) in [7, 11) is 0. The maximum absolute atomic E-state index is 11.3. The Kier molecular flexibility index (Phi) is 3.39. The van der Waals surface area contributed by atoms with E-state index in [4.69, 9.17) is 11.6 Å². The van der Waals surface area contributed by atoms with E-state index in [1.54, 1.807) is 6.07 Å². The summed E-state index contributed by atoms with van der Waals surface area (Å²) in [5.41, 5.74) is 2.32. The van der Waals surface area contributed by atoms with E-state index in [0.29, 0.717) is 17.3 Å². The second-order valence-corrected chi connectivity index (χ2v) is 4.67. The van der Waals surface area contributed by atoms with Crippen LogP contribution in [0.2, 0.25) is 0 Å². The average molecular weight is 290 g/mol.